The maximum absolute atomic E-state index is 6.12. The molecule has 6 nitrogen and oxygen atoms in total. The number of nitrogens with zero attached hydrogens (tertiary/aromatic N) is 2. The number of likely N-dealkylation sites (tertiary alicyclic amines) is 1. The number of ether oxygens (including phenoxy) is 2. The lowest BCUT2D eigenvalue weighted by molar-refractivity contribution is 0.0766. The van der Waals surface area contributed by atoms with E-state index in [1.807, 2.05) is 12.1 Å². The van der Waals surface area contributed by atoms with Crippen molar-refractivity contribution in [3.8, 4) is 0 Å². The number of hydrogen-bond donors (Lipinski definition) is 1. The Hall–Kier alpha value is -1.53. The highest BCUT2D eigenvalue weighted by Crippen LogP contribution is 2.47. The molecule has 6 heteroatoms. The molecule has 142 valence electrons. The second-order valence-corrected chi connectivity index (χ2v) is 8.08. The van der Waals surface area contributed by atoms with Crippen LogP contribution in [0.3, 0.4) is 0 Å². The number of hydrogen-bond acceptors (Lipinski definition) is 4. The minimum absolute atomic E-state index is 0.290. The van der Waals surface area contributed by atoms with Gasteiger partial charge in [0.15, 0.2) is 5.96 Å². The van der Waals surface area contributed by atoms with Crippen molar-refractivity contribution in [3.63, 3.8) is 0 Å². The number of furan rings is 1. The van der Waals surface area contributed by atoms with E-state index in [4.69, 9.17) is 18.9 Å². The van der Waals surface area contributed by atoms with E-state index in [0.29, 0.717) is 30.1 Å². The van der Waals surface area contributed by atoms with Gasteiger partial charge in [-0.2, -0.15) is 0 Å². The number of nitrogens with one attached hydrogen (secondary N) is 1. The van der Waals surface area contributed by atoms with E-state index in [0.717, 1.165) is 63.8 Å². The van der Waals surface area contributed by atoms with Gasteiger partial charge in [-0.05, 0) is 37.8 Å². The average molecular weight is 359 g/mol. The van der Waals surface area contributed by atoms with E-state index in [2.05, 4.69) is 10.2 Å². The summed E-state index contributed by atoms with van der Waals surface area (Å²) >= 11 is 0. The first-order valence-corrected chi connectivity index (χ1v) is 10.2. The molecule has 4 fully saturated rings. The van der Waals surface area contributed by atoms with E-state index in [1.165, 1.54) is 12.8 Å². The van der Waals surface area contributed by atoms with Crippen LogP contribution < -0.4 is 5.32 Å². The molecule has 5 rings (SSSR count). The predicted molar refractivity (Wildman–Crippen MR) is 98.1 cm³/mol. The minimum Gasteiger partial charge on any atom is -0.469 e. The highest BCUT2D eigenvalue weighted by Gasteiger charge is 2.53. The Morgan fingerprint density at radius 2 is 2.04 bits per heavy atom. The molecule has 1 N–H and O–H groups in total. The van der Waals surface area contributed by atoms with Crippen molar-refractivity contribution >= 4 is 5.96 Å². The Morgan fingerprint density at radius 3 is 2.73 bits per heavy atom. The zero-order valence-electron chi connectivity index (χ0n) is 15.3. The molecule has 5 unspecified atom stereocenters. The van der Waals surface area contributed by atoms with Crippen LogP contribution in [0.2, 0.25) is 0 Å². The van der Waals surface area contributed by atoms with Crippen LogP contribution in [0.25, 0.3) is 0 Å². The summed E-state index contributed by atoms with van der Waals surface area (Å²) in [7, 11) is 0. The Balaban J connectivity index is 1.23. The summed E-state index contributed by atoms with van der Waals surface area (Å²) in [5, 5.41) is 3.58. The summed E-state index contributed by atoms with van der Waals surface area (Å²) in [5.74, 6) is 3.43. The number of aliphatic imine (C=N–C) groups is 1. The minimum atomic E-state index is 0.290. The van der Waals surface area contributed by atoms with E-state index in [-0.39, 0.29) is 0 Å². The van der Waals surface area contributed by atoms with Crippen LogP contribution in [0.1, 0.15) is 31.4 Å². The molecule has 0 amide bonds. The fourth-order valence-electron chi connectivity index (χ4n) is 5.13. The van der Waals surface area contributed by atoms with Crippen LogP contribution in [0.4, 0.5) is 0 Å². The van der Waals surface area contributed by atoms with Gasteiger partial charge in [0.2, 0.25) is 0 Å². The smallest absolute Gasteiger partial charge is 0.194 e. The molecule has 0 saturated carbocycles. The largest absolute Gasteiger partial charge is 0.469 e. The summed E-state index contributed by atoms with van der Waals surface area (Å²) < 4.78 is 17.3. The van der Waals surface area contributed by atoms with Gasteiger partial charge in [-0.15, -0.1) is 0 Å². The molecule has 5 atom stereocenters. The molecule has 4 saturated heterocycles. The lowest BCUT2D eigenvalue weighted by Gasteiger charge is -2.24. The molecule has 4 aliphatic rings. The lowest BCUT2D eigenvalue weighted by Crippen LogP contribution is -2.42. The summed E-state index contributed by atoms with van der Waals surface area (Å²) in [6.45, 7) is 4.63. The van der Waals surface area contributed by atoms with Gasteiger partial charge in [0.25, 0.3) is 0 Å². The second kappa shape index (κ2) is 7.24. The van der Waals surface area contributed by atoms with Gasteiger partial charge in [0, 0.05) is 44.5 Å². The van der Waals surface area contributed by atoms with E-state index < -0.39 is 0 Å². The predicted octanol–water partition coefficient (Wildman–Crippen LogP) is 2.06. The summed E-state index contributed by atoms with van der Waals surface area (Å²) in [5.41, 5.74) is 0. The van der Waals surface area contributed by atoms with Crippen molar-refractivity contribution in [2.24, 2.45) is 16.8 Å². The van der Waals surface area contributed by atoms with Gasteiger partial charge in [0.1, 0.15) is 5.76 Å². The molecular weight excluding hydrogens is 330 g/mol. The molecule has 0 aliphatic carbocycles. The highest BCUT2D eigenvalue weighted by molar-refractivity contribution is 5.80. The van der Waals surface area contributed by atoms with Crippen LogP contribution in [0.5, 0.6) is 0 Å². The van der Waals surface area contributed by atoms with Crippen molar-refractivity contribution in [1.82, 2.24) is 10.2 Å². The number of fused-ring (bicyclic) bond motifs is 5. The van der Waals surface area contributed by atoms with Crippen molar-refractivity contribution in [3.05, 3.63) is 24.2 Å². The van der Waals surface area contributed by atoms with E-state index >= 15 is 0 Å². The molecule has 4 aliphatic heterocycles. The normalized spacial score (nSPS) is 36.1. The van der Waals surface area contributed by atoms with E-state index in [1.54, 1.807) is 6.26 Å². The first kappa shape index (κ1) is 16.6. The Morgan fingerprint density at radius 1 is 1.19 bits per heavy atom. The maximum atomic E-state index is 6.12. The van der Waals surface area contributed by atoms with Gasteiger partial charge >= 0.3 is 0 Å². The molecular formula is C20H29N3O3. The molecule has 0 spiro atoms. The molecule has 0 aromatic carbocycles. The Kier molecular flexibility index (Phi) is 4.63. The summed E-state index contributed by atoms with van der Waals surface area (Å²) in [6, 6.07) is 3.97. The Bertz CT molecular complexity index is 608. The quantitative estimate of drug-likeness (QED) is 0.644. The van der Waals surface area contributed by atoms with Crippen molar-refractivity contribution < 1.29 is 13.9 Å². The third kappa shape index (κ3) is 3.25. The highest BCUT2D eigenvalue weighted by atomic mass is 16.5. The average Bonchev–Trinajstić information content (AvgIpc) is 3.45. The molecule has 5 heterocycles. The van der Waals surface area contributed by atoms with Crippen LogP contribution in [0, 0.1) is 11.8 Å². The van der Waals surface area contributed by atoms with Crippen LogP contribution in [-0.2, 0) is 15.9 Å². The standard InChI is InChI=1S/C20H29N3O3/c1-3-14(24-9-1)7-8-21-20(22-11-15-4-2-10-25-15)23-12-16-17(13-23)19-6-5-18(16)26-19/h1,3,9,15-19H,2,4-8,10-13H2,(H,21,22). The SMILES string of the molecule is c1coc(CCNC(=NCC2CCCO2)N2CC3C4CCC(O4)C3C2)c1. The number of guanidine groups is 1. The topological polar surface area (TPSA) is 59.2 Å². The summed E-state index contributed by atoms with van der Waals surface area (Å²) in [4.78, 5) is 7.40. The van der Waals surface area contributed by atoms with Crippen molar-refractivity contribution in [2.75, 3.05) is 32.8 Å². The zero-order valence-corrected chi connectivity index (χ0v) is 15.3. The van der Waals surface area contributed by atoms with Gasteiger partial charge in [-0.25, -0.2) is 0 Å². The maximum Gasteiger partial charge on any atom is 0.194 e. The lowest BCUT2D eigenvalue weighted by atomic mass is 9.82. The van der Waals surface area contributed by atoms with Gasteiger partial charge < -0.3 is 24.1 Å². The first-order valence-electron chi connectivity index (χ1n) is 10.2. The molecule has 1 aromatic heterocycles. The second-order valence-electron chi connectivity index (χ2n) is 8.08. The third-order valence-electron chi connectivity index (χ3n) is 6.46. The van der Waals surface area contributed by atoms with E-state index in [9.17, 15) is 0 Å². The summed E-state index contributed by atoms with van der Waals surface area (Å²) in [6.07, 6.45) is 8.65. The molecule has 2 bridgehead atoms. The van der Waals surface area contributed by atoms with Gasteiger partial charge in [-0.1, -0.05) is 0 Å². The van der Waals surface area contributed by atoms with Gasteiger partial charge in [0.05, 0.1) is 31.1 Å². The van der Waals surface area contributed by atoms with Gasteiger partial charge in [-0.3, -0.25) is 4.99 Å². The monoisotopic (exact) mass is 359 g/mol. The van der Waals surface area contributed by atoms with Crippen LogP contribution >= 0.6 is 0 Å². The number of rotatable bonds is 5. The first-order chi connectivity index (χ1) is 12.9. The molecule has 26 heavy (non-hydrogen) atoms. The Labute approximate surface area is 154 Å². The third-order valence-corrected chi connectivity index (χ3v) is 6.46. The van der Waals surface area contributed by atoms with Crippen molar-refractivity contribution in [1.29, 1.82) is 0 Å². The fraction of sp³-hybridized carbons (Fsp3) is 0.750. The van der Waals surface area contributed by atoms with Crippen LogP contribution in [0.15, 0.2) is 27.8 Å². The van der Waals surface area contributed by atoms with Crippen LogP contribution in [-0.4, -0.2) is 62.0 Å². The fourth-order valence-corrected chi connectivity index (χ4v) is 5.13. The molecule has 0 radical (unpaired) electrons. The molecule has 1 aromatic rings. The zero-order chi connectivity index (χ0) is 17.3. The van der Waals surface area contributed by atoms with Crippen molar-refractivity contribution in [2.45, 2.75) is 50.4 Å².